The number of nitrogens with one attached hydrogen (secondary N) is 1. The Labute approximate surface area is 85.2 Å². The number of hydrogen-bond acceptors (Lipinski definition) is 2. The molecule has 0 aromatic rings. The lowest BCUT2D eigenvalue weighted by Crippen LogP contribution is -2.46. The molecule has 0 aromatic carbocycles. The highest BCUT2D eigenvalue weighted by Crippen LogP contribution is 2.38. The molecule has 14 heavy (non-hydrogen) atoms. The van der Waals surface area contributed by atoms with E-state index in [0.29, 0.717) is 6.04 Å². The summed E-state index contributed by atoms with van der Waals surface area (Å²) in [6.45, 7) is 0.911. The highest BCUT2D eigenvalue weighted by atomic mass is 16.5. The monoisotopic (exact) mass is 197 g/mol. The van der Waals surface area contributed by atoms with Gasteiger partial charge in [-0.1, -0.05) is 0 Å². The summed E-state index contributed by atoms with van der Waals surface area (Å²) in [5, 5.41) is 2.90. The van der Waals surface area contributed by atoms with Gasteiger partial charge >= 0.3 is 0 Å². The Hall–Kier alpha value is -0.570. The van der Waals surface area contributed by atoms with Crippen LogP contribution < -0.4 is 5.32 Å². The second kappa shape index (κ2) is 4.30. The van der Waals surface area contributed by atoms with E-state index in [1.165, 1.54) is 32.1 Å². The number of rotatable bonds is 2. The number of hydrogen-bond donors (Lipinski definition) is 1. The molecule has 1 saturated heterocycles. The third-order valence-corrected chi connectivity index (χ3v) is 3.54. The first-order valence-corrected chi connectivity index (χ1v) is 5.68. The first-order valence-electron chi connectivity index (χ1n) is 5.68. The Morgan fingerprint density at radius 3 is 2.86 bits per heavy atom. The van der Waals surface area contributed by atoms with Crippen LogP contribution in [0.2, 0.25) is 0 Å². The summed E-state index contributed by atoms with van der Waals surface area (Å²) in [4.78, 5) is 10.4. The molecule has 2 fully saturated rings. The molecule has 0 aromatic heterocycles. The Bertz CT molecular complexity index is 194. The van der Waals surface area contributed by atoms with E-state index in [4.69, 9.17) is 4.74 Å². The molecule has 0 radical (unpaired) electrons. The van der Waals surface area contributed by atoms with Gasteiger partial charge in [0.05, 0.1) is 5.60 Å². The van der Waals surface area contributed by atoms with Crippen LogP contribution in [0.1, 0.15) is 44.9 Å². The molecule has 1 aliphatic carbocycles. The van der Waals surface area contributed by atoms with Crippen molar-refractivity contribution in [3.8, 4) is 0 Å². The Kier molecular flexibility index (Phi) is 3.06. The quantitative estimate of drug-likeness (QED) is 0.683. The Morgan fingerprint density at radius 1 is 1.29 bits per heavy atom. The molecule has 1 N–H and O–H groups in total. The predicted molar refractivity (Wildman–Crippen MR) is 54.0 cm³/mol. The zero-order chi connectivity index (χ0) is 9.86. The van der Waals surface area contributed by atoms with Crippen LogP contribution in [0.3, 0.4) is 0 Å². The van der Waals surface area contributed by atoms with Gasteiger partial charge < -0.3 is 10.1 Å². The van der Waals surface area contributed by atoms with Gasteiger partial charge in [0.25, 0.3) is 0 Å². The summed E-state index contributed by atoms with van der Waals surface area (Å²) in [6, 6.07) is 0.347. The predicted octanol–water partition coefficient (Wildman–Crippen LogP) is 1.61. The van der Waals surface area contributed by atoms with E-state index in [-0.39, 0.29) is 5.60 Å². The summed E-state index contributed by atoms with van der Waals surface area (Å²) < 4.78 is 5.93. The van der Waals surface area contributed by atoms with Gasteiger partial charge in [0.1, 0.15) is 0 Å². The van der Waals surface area contributed by atoms with E-state index in [0.717, 1.165) is 25.9 Å². The smallest absolute Gasteiger partial charge is 0.207 e. The maximum atomic E-state index is 10.4. The topological polar surface area (TPSA) is 38.3 Å². The second-order valence-electron chi connectivity index (χ2n) is 4.57. The summed E-state index contributed by atoms with van der Waals surface area (Å²) in [6.07, 6.45) is 9.00. The molecule has 2 unspecified atom stereocenters. The van der Waals surface area contributed by atoms with E-state index < -0.39 is 0 Å². The summed E-state index contributed by atoms with van der Waals surface area (Å²) in [5.41, 5.74) is 0.108. The normalized spacial score (nSPS) is 38.1. The van der Waals surface area contributed by atoms with Crippen molar-refractivity contribution in [2.45, 2.75) is 56.6 Å². The highest BCUT2D eigenvalue weighted by molar-refractivity contribution is 5.46. The van der Waals surface area contributed by atoms with Crippen LogP contribution in [-0.4, -0.2) is 24.7 Å². The molecule has 1 saturated carbocycles. The molecule has 0 bridgehead atoms. The molecule has 3 nitrogen and oxygen atoms in total. The lowest BCUT2D eigenvalue weighted by atomic mass is 9.77. The molecular weight excluding hydrogens is 178 g/mol. The largest absolute Gasteiger partial charge is 0.375 e. The van der Waals surface area contributed by atoms with Crippen molar-refractivity contribution in [1.82, 2.24) is 5.32 Å². The van der Waals surface area contributed by atoms with Crippen LogP contribution in [0.25, 0.3) is 0 Å². The minimum absolute atomic E-state index is 0.108. The minimum atomic E-state index is 0.108. The maximum absolute atomic E-state index is 10.4. The van der Waals surface area contributed by atoms with Gasteiger partial charge in [-0.05, 0) is 44.9 Å². The maximum Gasteiger partial charge on any atom is 0.207 e. The van der Waals surface area contributed by atoms with Crippen molar-refractivity contribution >= 4 is 6.41 Å². The van der Waals surface area contributed by atoms with E-state index in [9.17, 15) is 4.79 Å². The molecule has 1 aliphatic heterocycles. The van der Waals surface area contributed by atoms with Crippen molar-refractivity contribution in [3.05, 3.63) is 0 Å². The number of ether oxygens (including phenoxy) is 1. The highest BCUT2D eigenvalue weighted by Gasteiger charge is 2.38. The van der Waals surface area contributed by atoms with Crippen LogP contribution in [0.15, 0.2) is 0 Å². The average Bonchev–Trinajstić information content (AvgIpc) is 2.19. The molecule has 1 heterocycles. The van der Waals surface area contributed by atoms with Crippen molar-refractivity contribution in [2.75, 3.05) is 6.61 Å². The van der Waals surface area contributed by atoms with E-state index in [2.05, 4.69) is 5.32 Å². The van der Waals surface area contributed by atoms with Crippen LogP contribution in [0, 0.1) is 0 Å². The van der Waals surface area contributed by atoms with Crippen molar-refractivity contribution in [3.63, 3.8) is 0 Å². The van der Waals surface area contributed by atoms with Crippen LogP contribution in [0.5, 0.6) is 0 Å². The van der Waals surface area contributed by atoms with Crippen molar-refractivity contribution < 1.29 is 9.53 Å². The molecule has 3 heteroatoms. The number of carbonyl (C=O) groups is 1. The molecule has 2 rings (SSSR count). The van der Waals surface area contributed by atoms with E-state index >= 15 is 0 Å². The van der Waals surface area contributed by atoms with Crippen molar-refractivity contribution in [2.24, 2.45) is 0 Å². The van der Waals surface area contributed by atoms with Crippen molar-refractivity contribution in [1.29, 1.82) is 0 Å². The Morgan fingerprint density at radius 2 is 2.14 bits per heavy atom. The first kappa shape index (κ1) is 9.97. The summed E-state index contributed by atoms with van der Waals surface area (Å²) in [5.74, 6) is 0. The fourth-order valence-electron chi connectivity index (χ4n) is 2.83. The van der Waals surface area contributed by atoms with Gasteiger partial charge in [-0.15, -0.1) is 0 Å². The molecular formula is C11H19NO2. The van der Waals surface area contributed by atoms with Gasteiger partial charge in [0.2, 0.25) is 6.41 Å². The third-order valence-electron chi connectivity index (χ3n) is 3.54. The third kappa shape index (κ3) is 2.08. The van der Waals surface area contributed by atoms with Gasteiger partial charge in [-0.2, -0.15) is 0 Å². The van der Waals surface area contributed by atoms with E-state index in [1.807, 2.05) is 0 Å². The van der Waals surface area contributed by atoms with Gasteiger partial charge in [0.15, 0.2) is 0 Å². The standard InChI is InChI=1S/C11H19NO2/c13-9-12-10-4-3-6-11(8-10)5-1-2-7-14-11/h9-10H,1-8H2,(H,12,13). The molecule has 80 valence electrons. The number of amides is 1. The Balaban J connectivity index is 1.94. The zero-order valence-electron chi connectivity index (χ0n) is 8.63. The SMILES string of the molecule is O=CNC1CCCC2(CCCCO2)C1. The first-order chi connectivity index (χ1) is 6.85. The lowest BCUT2D eigenvalue weighted by molar-refractivity contribution is -0.116. The molecule has 2 atom stereocenters. The molecule has 1 spiro atoms. The molecule has 2 aliphatic rings. The average molecular weight is 197 g/mol. The fourth-order valence-corrected chi connectivity index (χ4v) is 2.83. The number of carbonyl (C=O) groups excluding carboxylic acids is 1. The lowest BCUT2D eigenvalue weighted by Gasteiger charge is -2.43. The minimum Gasteiger partial charge on any atom is -0.375 e. The van der Waals surface area contributed by atoms with Crippen LogP contribution >= 0.6 is 0 Å². The van der Waals surface area contributed by atoms with Gasteiger partial charge in [-0.25, -0.2) is 0 Å². The van der Waals surface area contributed by atoms with E-state index in [1.54, 1.807) is 0 Å². The zero-order valence-corrected chi connectivity index (χ0v) is 8.63. The van der Waals surface area contributed by atoms with Gasteiger partial charge in [-0.3, -0.25) is 4.79 Å². The summed E-state index contributed by atoms with van der Waals surface area (Å²) in [7, 11) is 0. The van der Waals surface area contributed by atoms with Crippen LogP contribution in [-0.2, 0) is 9.53 Å². The van der Waals surface area contributed by atoms with Gasteiger partial charge in [0, 0.05) is 12.6 Å². The fraction of sp³-hybridized carbons (Fsp3) is 0.909. The van der Waals surface area contributed by atoms with Crippen LogP contribution in [0.4, 0.5) is 0 Å². The second-order valence-corrected chi connectivity index (χ2v) is 4.57. The molecule has 1 amide bonds. The summed E-state index contributed by atoms with van der Waals surface area (Å²) >= 11 is 0.